The van der Waals surface area contributed by atoms with Crippen LogP contribution in [-0.4, -0.2) is 76.0 Å². The lowest BCUT2D eigenvalue weighted by atomic mass is 9.88. The number of ether oxygens (including phenoxy) is 1. The first-order valence-electron chi connectivity index (χ1n) is 11.7. The number of aliphatic hydroxyl groups excluding tert-OH is 3. The molecule has 1 aromatic carbocycles. The van der Waals surface area contributed by atoms with Crippen molar-refractivity contribution >= 4 is 29.3 Å². The van der Waals surface area contributed by atoms with Crippen molar-refractivity contribution in [1.29, 1.82) is 0 Å². The van der Waals surface area contributed by atoms with E-state index in [1.165, 1.54) is 17.3 Å². The first-order valence-corrected chi connectivity index (χ1v) is 13.4. The van der Waals surface area contributed by atoms with Gasteiger partial charge in [0, 0.05) is 5.02 Å². The van der Waals surface area contributed by atoms with Crippen molar-refractivity contribution in [2.45, 2.75) is 81.5 Å². The lowest BCUT2D eigenvalue weighted by Gasteiger charge is -2.44. The molecule has 3 rings (SSSR count). The van der Waals surface area contributed by atoms with E-state index in [1.807, 2.05) is 26.0 Å². The number of hydrogen-bond acceptors (Lipinski definition) is 7. The minimum Gasteiger partial charge on any atom is -0.388 e. The SMILES string of the molecule is CS[C@H]1O[C@H]([C@H](NC(=O)[C@@H]2C[C@@H](CCCc3ccc(Cl)cc3)CN2)C(C)C)[C@H](O)[C@H](O)[C@H]1O. The Labute approximate surface area is 205 Å². The molecule has 0 aliphatic carbocycles. The van der Waals surface area contributed by atoms with Crippen LogP contribution in [0.5, 0.6) is 0 Å². The summed E-state index contributed by atoms with van der Waals surface area (Å²) in [5.41, 5.74) is 0.600. The first kappa shape index (κ1) is 26.7. The fourth-order valence-corrected chi connectivity index (χ4v) is 5.54. The molecule has 5 N–H and O–H groups in total. The van der Waals surface area contributed by atoms with E-state index >= 15 is 0 Å². The number of rotatable bonds is 9. The monoisotopic (exact) mass is 500 g/mol. The predicted octanol–water partition coefficient (Wildman–Crippen LogP) is 1.95. The van der Waals surface area contributed by atoms with E-state index in [4.69, 9.17) is 16.3 Å². The van der Waals surface area contributed by atoms with Gasteiger partial charge in [0.25, 0.3) is 0 Å². The van der Waals surface area contributed by atoms with Gasteiger partial charge in [-0.1, -0.05) is 37.6 Å². The van der Waals surface area contributed by atoms with Crippen LogP contribution in [0.25, 0.3) is 0 Å². The molecule has 0 spiro atoms. The summed E-state index contributed by atoms with van der Waals surface area (Å²) in [5.74, 6) is 0.279. The van der Waals surface area contributed by atoms with Crippen LogP contribution in [0.4, 0.5) is 0 Å². The van der Waals surface area contributed by atoms with Gasteiger partial charge in [-0.25, -0.2) is 0 Å². The average Bonchev–Trinajstić information content (AvgIpc) is 3.27. The maximum absolute atomic E-state index is 13.0. The second kappa shape index (κ2) is 12.2. The van der Waals surface area contributed by atoms with Gasteiger partial charge >= 0.3 is 0 Å². The molecule has 0 aromatic heterocycles. The van der Waals surface area contributed by atoms with Crippen molar-refractivity contribution in [1.82, 2.24) is 10.6 Å². The van der Waals surface area contributed by atoms with Crippen LogP contribution in [0, 0.1) is 11.8 Å². The van der Waals surface area contributed by atoms with E-state index in [1.54, 1.807) is 6.26 Å². The van der Waals surface area contributed by atoms with Crippen molar-refractivity contribution in [2.24, 2.45) is 11.8 Å². The minimum atomic E-state index is -1.33. The Balaban J connectivity index is 1.51. The number of aryl methyl sites for hydroxylation is 1. The molecule has 33 heavy (non-hydrogen) atoms. The Morgan fingerprint density at radius 3 is 2.55 bits per heavy atom. The van der Waals surface area contributed by atoms with Crippen molar-refractivity contribution in [3.63, 3.8) is 0 Å². The zero-order chi connectivity index (χ0) is 24.1. The van der Waals surface area contributed by atoms with Crippen LogP contribution in [0.2, 0.25) is 5.02 Å². The lowest BCUT2D eigenvalue weighted by molar-refractivity contribution is -0.208. The number of halogens is 1. The largest absolute Gasteiger partial charge is 0.388 e. The summed E-state index contributed by atoms with van der Waals surface area (Å²) in [6.07, 6.45) is 1.02. The molecule has 0 radical (unpaired) electrons. The van der Waals surface area contributed by atoms with E-state index in [9.17, 15) is 20.1 Å². The van der Waals surface area contributed by atoms with Gasteiger partial charge in [-0.2, -0.15) is 0 Å². The van der Waals surface area contributed by atoms with Crippen LogP contribution < -0.4 is 10.6 Å². The summed E-state index contributed by atoms with van der Waals surface area (Å²) >= 11 is 7.21. The first-order chi connectivity index (χ1) is 15.7. The number of carbonyl (C=O) groups is 1. The summed E-state index contributed by atoms with van der Waals surface area (Å²) < 4.78 is 5.90. The van der Waals surface area contributed by atoms with E-state index in [0.717, 1.165) is 37.3 Å². The third-order valence-electron chi connectivity index (χ3n) is 6.75. The summed E-state index contributed by atoms with van der Waals surface area (Å²) in [6.45, 7) is 4.68. The molecule has 1 aromatic rings. The highest BCUT2D eigenvalue weighted by molar-refractivity contribution is 7.99. The Kier molecular flexibility index (Phi) is 9.88. The van der Waals surface area contributed by atoms with Crippen LogP contribution in [0.1, 0.15) is 38.7 Å². The van der Waals surface area contributed by atoms with Crippen molar-refractivity contribution in [2.75, 3.05) is 12.8 Å². The van der Waals surface area contributed by atoms with Gasteiger partial charge in [-0.05, 0) is 68.0 Å². The van der Waals surface area contributed by atoms with Crippen molar-refractivity contribution < 1.29 is 24.9 Å². The van der Waals surface area contributed by atoms with E-state index < -0.39 is 35.9 Å². The highest BCUT2D eigenvalue weighted by atomic mass is 35.5. The molecule has 1 amide bonds. The number of benzene rings is 1. The fourth-order valence-electron chi connectivity index (χ4n) is 4.73. The quantitative estimate of drug-likeness (QED) is 0.352. The highest BCUT2D eigenvalue weighted by Gasteiger charge is 2.47. The fraction of sp³-hybridized carbons (Fsp3) is 0.708. The predicted molar refractivity (Wildman–Crippen MR) is 131 cm³/mol. The van der Waals surface area contributed by atoms with Gasteiger partial charge in [0.1, 0.15) is 29.9 Å². The van der Waals surface area contributed by atoms with E-state index in [0.29, 0.717) is 5.92 Å². The lowest BCUT2D eigenvalue weighted by Crippen LogP contribution is -2.64. The van der Waals surface area contributed by atoms with Crippen LogP contribution >= 0.6 is 23.4 Å². The van der Waals surface area contributed by atoms with Gasteiger partial charge in [0.2, 0.25) is 5.91 Å². The Morgan fingerprint density at radius 2 is 1.91 bits per heavy atom. The molecule has 2 heterocycles. The van der Waals surface area contributed by atoms with Crippen LogP contribution in [-0.2, 0) is 16.0 Å². The van der Waals surface area contributed by atoms with Crippen LogP contribution in [0.15, 0.2) is 24.3 Å². The molecule has 0 unspecified atom stereocenters. The zero-order valence-corrected chi connectivity index (χ0v) is 21.1. The summed E-state index contributed by atoms with van der Waals surface area (Å²) in [7, 11) is 0. The minimum absolute atomic E-state index is 0.0323. The third-order valence-corrected chi connectivity index (χ3v) is 7.86. The second-order valence-electron chi connectivity index (χ2n) is 9.54. The maximum Gasteiger partial charge on any atom is 0.237 e. The van der Waals surface area contributed by atoms with Crippen LogP contribution in [0.3, 0.4) is 0 Å². The van der Waals surface area contributed by atoms with Crippen molar-refractivity contribution in [3.8, 4) is 0 Å². The molecule has 2 aliphatic heterocycles. The third kappa shape index (κ3) is 6.84. The molecule has 8 atom stereocenters. The maximum atomic E-state index is 13.0. The normalized spacial score (nSPS) is 33.3. The van der Waals surface area contributed by atoms with Gasteiger partial charge in [-0.3, -0.25) is 4.79 Å². The molecule has 9 heteroatoms. The molecule has 2 aliphatic rings. The number of aliphatic hydroxyl groups is 3. The summed E-state index contributed by atoms with van der Waals surface area (Å²) in [5, 5.41) is 38.1. The Bertz CT molecular complexity index is 766. The van der Waals surface area contributed by atoms with Gasteiger partial charge in [0.05, 0.1) is 12.1 Å². The van der Waals surface area contributed by atoms with Gasteiger partial charge in [-0.15, -0.1) is 11.8 Å². The Morgan fingerprint density at radius 1 is 1.21 bits per heavy atom. The van der Waals surface area contributed by atoms with Gasteiger partial charge < -0.3 is 30.7 Å². The number of carbonyl (C=O) groups excluding carboxylic acids is 1. The molecule has 0 saturated carbocycles. The highest BCUT2D eigenvalue weighted by Crippen LogP contribution is 2.30. The molecular weight excluding hydrogens is 464 g/mol. The summed E-state index contributed by atoms with van der Waals surface area (Å²) in [6, 6.07) is 7.14. The van der Waals surface area contributed by atoms with E-state index in [2.05, 4.69) is 22.8 Å². The van der Waals surface area contributed by atoms with E-state index in [-0.39, 0.29) is 17.9 Å². The Hall–Kier alpha value is -0.870. The average molecular weight is 501 g/mol. The number of amides is 1. The smallest absolute Gasteiger partial charge is 0.237 e. The molecule has 7 nitrogen and oxygen atoms in total. The van der Waals surface area contributed by atoms with Gasteiger partial charge in [0.15, 0.2) is 0 Å². The second-order valence-corrected chi connectivity index (χ2v) is 10.9. The molecular formula is C24H37ClN2O5S. The molecule has 186 valence electrons. The standard InChI is InChI=1S/C24H37ClN2O5S/c1-13(2)18(22-20(29)19(28)21(30)24(32-22)33-3)27-23(31)17-11-15(12-26-17)6-4-5-14-7-9-16(25)10-8-14/h7-10,13,15,17-22,24,26,28-30H,4-6,11-12H2,1-3H3,(H,27,31)/t15-,17+,18-,19+,20-,21-,22-,24-/m1/s1. The zero-order valence-electron chi connectivity index (χ0n) is 19.5. The molecule has 2 saturated heterocycles. The molecule has 2 fully saturated rings. The topological polar surface area (TPSA) is 111 Å². The summed E-state index contributed by atoms with van der Waals surface area (Å²) in [4.78, 5) is 13.0. The molecule has 0 bridgehead atoms. The number of thioether (sulfide) groups is 1. The van der Waals surface area contributed by atoms with Crippen molar-refractivity contribution in [3.05, 3.63) is 34.9 Å². The number of nitrogens with one attached hydrogen (secondary N) is 2. The number of hydrogen-bond donors (Lipinski definition) is 5.